The van der Waals surface area contributed by atoms with Crippen molar-refractivity contribution in [3.63, 3.8) is 0 Å². The van der Waals surface area contributed by atoms with Crippen LogP contribution < -0.4 is 14.8 Å². The third kappa shape index (κ3) is 5.04. The fourth-order valence-corrected chi connectivity index (χ4v) is 3.92. The minimum atomic E-state index is -3.73. The molecule has 1 heterocycles. The highest BCUT2D eigenvalue weighted by Crippen LogP contribution is 2.24. The Bertz CT molecular complexity index is 1100. The zero-order valence-electron chi connectivity index (χ0n) is 15.5. The van der Waals surface area contributed by atoms with E-state index in [0.717, 1.165) is 24.2 Å². The molecule has 0 bridgehead atoms. The van der Waals surface area contributed by atoms with Gasteiger partial charge in [0.15, 0.2) is 5.76 Å². The van der Waals surface area contributed by atoms with Gasteiger partial charge in [0, 0.05) is 12.6 Å². The number of rotatable bonds is 8. The van der Waals surface area contributed by atoms with Gasteiger partial charge in [0.05, 0.1) is 0 Å². The van der Waals surface area contributed by atoms with Crippen molar-refractivity contribution in [2.75, 3.05) is 0 Å². The maximum Gasteiger partial charge on any atom is 0.287 e. The van der Waals surface area contributed by atoms with Gasteiger partial charge in [-0.3, -0.25) is 4.79 Å². The SMILES string of the molecule is O=C(NCc1cccc(Oc2ccccc2)c1)c1ccc(S(=O)(=O)NC2CC2)o1. The molecule has 29 heavy (non-hydrogen) atoms. The average molecular weight is 412 g/mol. The summed E-state index contributed by atoms with van der Waals surface area (Å²) in [6.45, 7) is 0.244. The van der Waals surface area contributed by atoms with Gasteiger partial charge in [0.25, 0.3) is 15.9 Å². The molecule has 1 amide bonds. The zero-order chi connectivity index (χ0) is 20.3. The number of hydrogen-bond donors (Lipinski definition) is 2. The Labute approximate surface area is 168 Å². The Hall–Kier alpha value is -3.10. The van der Waals surface area contributed by atoms with Crippen LogP contribution >= 0.6 is 0 Å². The van der Waals surface area contributed by atoms with Gasteiger partial charge in [0.1, 0.15) is 11.5 Å². The highest BCUT2D eigenvalue weighted by Gasteiger charge is 2.30. The lowest BCUT2D eigenvalue weighted by atomic mass is 10.2. The fraction of sp³-hybridized carbons (Fsp3) is 0.190. The van der Waals surface area contributed by atoms with Gasteiger partial charge in [-0.15, -0.1) is 0 Å². The van der Waals surface area contributed by atoms with Gasteiger partial charge >= 0.3 is 0 Å². The summed E-state index contributed by atoms with van der Waals surface area (Å²) in [6, 6.07) is 19.3. The Morgan fingerprint density at radius 2 is 1.76 bits per heavy atom. The Morgan fingerprint density at radius 1 is 1.00 bits per heavy atom. The molecule has 1 saturated carbocycles. The smallest absolute Gasteiger partial charge is 0.287 e. The van der Waals surface area contributed by atoms with Crippen molar-refractivity contribution in [2.45, 2.75) is 30.5 Å². The first kappa shape index (κ1) is 19.2. The summed E-state index contributed by atoms with van der Waals surface area (Å²) in [5.74, 6) is 0.823. The molecule has 0 atom stereocenters. The van der Waals surface area contributed by atoms with E-state index in [4.69, 9.17) is 9.15 Å². The molecular formula is C21H20N2O5S. The first-order valence-electron chi connectivity index (χ1n) is 9.22. The summed E-state index contributed by atoms with van der Waals surface area (Å²) in [6.07, 6.45) is 1.64. The van der Waals surface area contributed by atoms with Crippen LogP contribution in [-0.2, 0) is 16.6 Å². The van der Waals surface area contributed by atoms with Crippen LogP contribution in [0, 0.1) is 0 Å². The Morgan fingerprint density at radius 3 is 2.52 bits per heavy atom. The molecule has 0 saturated heterocycles. The van der Waals surface area contributed by atoms with Crippen LogP contribution in [0.25, 0.3) is 0 Å². The minimum Gasteiger partial charge on any atom is -0.457 e. The topological polar surface area (TPSA) is 97.6 Å². The predicted molar refractivity (Wildman–Crippen MR) is 106 cm³/mol. The molecular weight excluding hydrogens is 392 g/mol. The summed E-state index contributed by atoms with van der Waals surface area (Å²) < 4.78 is 37.8. The van der Waals surface area contributed by atoms with E-state index >= 15 is 0 Å². The van der Waals surface area contributed by atoms with Crippen LogP contribution in [0.1, 0.15) is 29.0 Å². The summed E-state index contributed by atoms with van der Waals surface area (Å²) in [5, 5.41) is 2.46. The molecule has 0 radical (unpaired) electrons. The molecule has 0 aliphatic heterocycles. The van der Waals surface area contributed by atoms with Crippen molar-refractivity contribution < 1.29 is 22.4 Å². The summed E-state index contributed by atoms with van der Waals surface area (Å²) in [7, 11) is -3.73. The van der Waals surface area contributed by atoms with Gasteiger partial charge in [-0.2, -0.15) is 0 Å². The highest BCUT2D eigenvalue weighted by molar-refractivity contribution is 7.89. The van der Waals surface area contributed by atoms with Gasteiger partial charge in [-0.05, 0) is 54.8 Å². The third-order valence-corrected chi connectivity index (χ3v) is 5.69. The second-order valence-electron chi connectivity index (χ2n) is 6.76. The predicted octanol–water partition coefficient (Wildman–Crippen LogP) is 3.44. The average Bonchev–Trinajstić information content (AvgIpc) is 3.36. The molecule has 1 aliphatic carbocycles. The summed E-state index contributed by atoms with van der Waals surface area (Å²) in [4.78, 5) is 12.3. The Balaban J connectivity index is 1.37. The summed E-state index contributed by atoms with van der Waals surface area (Å²) >= 11 is 0. The lowest BCUT2D eigenvalue weighted by Crippen LogP contribution is -2.25. The van der Waals surface area contributed by atoms with Crippen LogP contribution in [0.4, 0.5) is 0 Å². The van der Waals surface area contributed by atoms with Crippen LogP contribution in [-0.4, -0.2) is 20.4 Å². The van der Waals surface area contributed by atoms with E-state index in [0.29, 0.717) is 5.75 Å². The van der Waals surface area contributed by atoms with Crippen molar-refractivity contribution in [1.82, 2.24) is 10.0 Å². The number of carbonyl (C=O) groups excluding carboxylic acids is 1. The molecule has 3 aromatic rings. The van der Waals surface area contributed by atoms with E-state index in [1.165, 1.54) is 12.1 Å². The largest absolute Gasteiger partial charge is 0.457 e. The number of nitrogens with one attached hydrogen (secondary N) is 2. The number of benzene rings is 2. The first-order valence-corrected chi connectivity index (χ1v) is 10.7. The maximum atomic E-state index is 12.3. The third-order valence-electron chi connectivity index (χ3n) is 4.30. The van der Waals surface area contributed by atoms with Crippen LogP contribution in [0.5, 0.6) is 11.5 Å². The molecule has 7 nitrogen and oxygen atoms in total. The standard InChI is InChI=1S/C21H20N2O5S/c24-21(19-11-12-20(28-19)29(25,26)23-16-9-10-16)22-14-15-5-4-8-18(13-15)27-17-6-2-1-3-7-17/h1-8,11-13,16,23H,9-10,14H2,(H,22,24). The van der Waals surface area contributed by atoms with E-state index in [1.807, 2.05) is 54.6 Å². The van der Waals surface area contributed by atoms with Crippen LogP contribution in [0.3, 0.4) is 0 Å². The van der Waals surface area contributed by atoms with Gasteiger partial charge in [-0.25, -0.2) is 13.1 Å². The van der Waals surface area contributed by atoms with E-state index in [2.05, 4.69) is 10.0 Å². The van der Waals surface area contributed by atoms with Crippen molar-refractivity contribution in [3.8, 4) is 11.5 Å². The molecule has 0 spiro atoms. The maximum absolute atomic E-state index is 12.3. The van der Waals surface area contributed by atoms with Crippen molar-refractivity contribution >= 4 is 15.9 Å². The van der Waals surface area contributed by atoms with E-state index < -0.39 is 15.9 Å². The van der Waals surface area contributed by atoms with Crippen molar-refractivity contribution in [1.29, 1.82) is 0 Å². The van der Waals surface area contributed by atoms with Gasteiger partial charge < -0.3 is 14.5 Å². The molecule has 2 aromatic carbocycles. The number of carbonyl (C=O) groups is 1. The molecule has 150 valence electrons. The molecule has 1 aliphatic rings. The van der Waals surface area contributed by atoms with Crippen molar-refractivity contribution in [3.05, 3.63) is 78.1 Å². The van der Waals surface area contributed by atoms with E-state index in [1.54, 1.807) is 0 Å². The molecule has 1 fully saturated rings. The number of furan rings is 1. The van der Waals surface area contributed by atoms with E-state index in [-0.39, 0.29) is 23.4 Å². The molecule has 0 unspecified atom stereocenters. The molecule has 8 heteroatoms. The second kappa shape index (κ2) is 8.10. The summed E-state index contributed by atoms with van der Waals surface area (Å²) in [5.41, 5.74) is 0.835. The quantitative estimate of drug-likeness (QED) is 0.591. The Kier molecular flexibility index (Phi) is 5.37. The minimum absolute atomic E-state index is 0.0345. The number of amides is 1. The van der Waals surface area contributed by atoms with Gasteiger partial charge in [-0.1, -0.05) is 30.3 Å². The molecule has 4 rings (SSSR count). The molecule has 1 aromatic heterocycles. The molecule has 2 N–H and O–H groups in total. The number of ether oxygens (including phenoxy) is 1. The lowest BCUT2D eigenvalue weighted by Gasteiger charge is -2.08. The first-order chi connectivity index (χ1) is 14.0. The number of para-hydroxylation sites is 1. The second-order valence-corrected chi connectivity index (χ2v) is 8.40. The van der Waals surface area contributed by atoms with Gasteiger partial charge in [0.2, 0.25) is 5.09 Å². The van der Waals surface area contributed by atoms with Crippen molar-refractivity contribution in [2.24, 2.45) is 0 Å². The fourth-order valence-electron chi connectivity index (χ4n) is 2.68. The van der Waals surface area contributed by atoms with E-state index in [9.17, 15) is 13.2 Å². The van der Waals surface area contributed by atoms with Crippen LogP contribution in [0.2, 0.25) is 0 Å². The van der Waals surface area contributed by atoms with Crippen LogP contribution in [0.15, 0.2) is 76.2 Å². The highest BCUT2D eigenvalue weighted by atomic mass is 32.2. The monoisotopic (exact) mass is 412 g/mol. The number of hydrogen-bond acceptors (Lipinski definition) is 5. The number of sulfonamides is 1. The lowest BCUT2D eigenvalue weighted by molar-refractivity contribution is 0.0917. The normalized spacial score (nSPS) is 13.8. The zero-order valence-corrected chi connectivity index (χ0v) is 16.3.